The largest absolute Gasteiger partial charge is 0.496 e. The lowest BCUT2D eigenvalue weighted by Crippen LogP contribution is -2.46. The molecule has 2 aliphatic rings. The number of hydrogen-bond acceptors (Lipinski definition) is 7. The van der Waals surface area contributed by atoms with Crippen molar-refractivity contribution in [2.75, 3.05) is 39.9 Å². The van der Waals surface area contributed by atoms with Crippen molar-refractivity contribution >= 4 is 17.0 Å². The molecule has 0 unspecified atom stereocenters. The van der Waals surface area contributed by atoms with Crippen LogP contribution < -0.4 is 14.8 Å². The highest BCUT2D eigenvalue weighted by Crippen LogP contribution is 2.37. The van der Waals surface area contributed by atoms with Crippen LogP contribution in [0.25, 0.3) is 33.6 Å². The van der Waals surface area contributed by atoms with Crippen molar-refractivity contribution in [3.63, 3.8) is 0 Å². The van der Waals surface area contributed by atoms with Crippen molar-refractivity contribution in [3.05, 3.63) is 65.9 Å². The van der Waals surface area contributed by atoms with Gasteiger partial charge in [-0.25, -0.2) is 0 Å². The van der Waals surface area contributed by atoms with Crippen LogP contribution in [0.3, 0.4) is 0 Å². The van der Waals surface area contributed by atoms with Crippen LogP contribution in [0.4, 0.5) is 0 Å². The monoisotopic (exact) mass is 508 g/mol. The molecule has 1 saturated carbocycles. The fourth-order valence-electron chi connectivity index (χ4n) is 4.77. The van der Waals surface area contributed by atoms with Crippen molar-refractivity contribution in [1.82, 2.24) is 15.2 Å². The lowest BCUT2D eigenvalue weighted by molar-refractivity contribution is 0.0732. The fraction of sp³-hybridized carbons (Fsp3) is 0.300. The fourth-order valence-corrected chi connectivity index (χ4v) is 4.77. The van der Waals surface area contributed by atoms with Gasteiger partial charge in [-0.3, -0.25) is 9.78 Å². The Hall–Kier alpha value is -4.35. The Morgan fingerprint density at radius 2 is 1.92 bits per heavy atom. The number of furan rings is 1. The van der Waals surface area contributed by atoms with Crippen molar-refractivity contribution in [1.29, 1.82) is 5.26 Å². The maximum atomic E-state index is 13.1. The Kier molecular flexibility index (Phi) is 6.44. The predicted molar refractivity (Wildman–Crippen MR) is 143 cm³/mol. The van der Waals surface area contributed by atoms with Crippen LogP contribution in [0.5, 0.6) is 11.5 Å². The molecule has 6 rings (SSSR count). The third kappa shape index (κ3) is 4.69. The van der Waals surface area contributed by atoms with Gasteiger partial charge in [-0.15, -0.1) is 0 Å². The minimum atomic E-state index is -0.0405. The number of fused-ring (bicyclic) bond motifs is 1. The molecular formula is C30H28N4O4. The third-order valence-corrected chi connectivity index (χ3v) is 7.12. The first-order chi connectivity index (χ1) is 18.6. The molecule has 1 aliphatic carbocycles. The van der Waals surface area contributed by atoms with E-state index in [1.54, 1.807) is 19.4 Å². The second-order valence-electron chi connectivity index (χ2n) is 9.72. The summed E-state index contributed by atoms with van der Waals surface area (Å²) in [5, 5.41) is 13.0. The number of nitrogens with one attached hydrogen (secondary N) is 1. The zero-order valence-electron chi connectivity index (χ0n) is 21.2. The number of piperazine rings is 1. The van der Waals surface area contributed by atoms with Crippen LogP contribution in [-0.2, 0) is 0 Å². The Morgan fingerprint density at radius 3 is 2.68 bits per heavy atom. The number of methoxy groups -OCH3 is 1. The molecule has 3 heterocycles. The van der Waals surface area contributed by atoms with Gasteiger partial charge < -0.3 is 24.1 Å². The highest BCUT2D eigenvalue weighted by molar-refractivity contribution is 5.98. The summed E-state index contributed by atoms with van der Waals surface area (Å²) in [4.78, 5) is 19.4. The van der Waals surface area contributed by atoms with Gasteiger partial charge in [0, 0.05) is 49.6 Å². The third-order valence-electron chi connectivity index (χ3n) is 7.12. The summed E-state index contributed by atoms with van der Waals surface area (Å²) in [6.07, 6.45) is 4.12. The minimum absolute atomic E-state index is 0.0405. The van der Waals surface area contributed by atoms with Crippen LogP contribution >= 0.6 is 0 Å². The van der Waals surface area contributed by atoms with Crippen molar-refractivity contribution in [3.8, 4) is 40.0 Å². The number of carbonyl (C=O) groups excluding carboxylic acids is 1. The van der Waals surface area contributed by atoms with E-state index in [4.69, 9.17) is 13.9 Å². The number of hydrogen-bond donors (Lipinski definition) is 1. The van der Waals surface area contributed by atoms with E-state index in [2.05, 4.69) is 16.4 Å². The van der Waals surface area contributed by atoms with E-state index in [9.17, 15) is 10.1 Å². The second kappa shape index (κ2) is 10.2. The zero-order chi connectivity index (χ0) is 26.1. The molecule has 2 aromatic carbocycles. The lowest BCUT2D eigenvalue weighted by atomic mass is 10.0. The number of amides is 1. The van der Waals surface area contributed by atoms with Crippen LogP contribution in [0.2, 0.25) is 0 Å². The number of aromatic nitrogens is 1. The van der Waals surface area contributed by atoms with E-state index in [1.807, 2.05) is 47.4 Å². The van der Waals surface area contributed by atoms with E-state index in [0.717, 1.165) is 29.8 Å². The molecule has 4 aromatic rings. The van der Waals surface area contributed by atoms with Crippen molar-refractivity contribution < 1.29 is 18.7 Å². The Morgan fingerprint density at radius 1 is 1.11 bits per heavy atom. The summed E-state index contributed by atoms with van der Waals surface area (Å²) >= 11 is 0. The quantitative estimate of drug-likeness (QED) is 0.380. The number of pyridine rings is 1. The summed E-state index contributed by atoms with van der Waals surface area (Å²) < 4.78 is 17.8. The average molecular weight is 509 g/mol. The minimum Gasteiger partial charge on any atom is -0.496 e. The Balaban J connectivity index is 1.32. The molecule has 1 amide bonds. The molecule has 38 heavy (non-hydrogen) atoms. The summed E-state index contributed by atoms with van der Waals surface area (Å²) in [6.45, 7) is 3.56. The summed E-state index contributed by atoms with van der Waals surface area (Å²) in [5.74, 6) is 2.29. The number of rotatable bonds is 7. The lowest BCUT2D eigenvalue weighted by Gasteiger charge is -2.28. The number of nitrogens with zero attached hydrogens (tertiary/aromatic N) is 3. The van der Waals surface area contributed by atoms with E-state index < -0.39 is 0 Å². The molecule has 0 radical (unpaired) electrons. The summed E-state index contributed by atoms with van der Waals surface area (Å²) in [5.41, 5.74) is 4.81. The smallest absolute Gasteiger partial charge is 0.257 e. The number of nitriles is 1. The van der Waals surface area contributed by atoms with E-state index >= 15 is 0 Å². The van der Waals surface area contributed by atoms with E-state index in [0.29, 0.717) is 65.1 Å². The van der Waals surface area contributed by atoms with Crippen molar-refractivity contribution in [2.24, 2.45) is 5.92 Å². The van der Waals surface area contributed by atoms with Gasteiger partial charge in [0.1, 0.15) is 28.8 Å². The predicted octanol–water partition coefficient (Wildman–Crippen LogP) is 4.88. The first-order valence-corrected chi connectivity index (χ1v) is 12.9. The molecule has 2 aromatic heterocycles. The molecular weight excluding hydrogens is 480 g/mol. The van der Waals surface area contributed by atoms with Gasteiger partial charge in [-0.2, -0.15) is 5.26 Å². The average Bonchev–Trinajstić information content (AvgIpc) is 3.70. The SMILES string of the molecule is COc1cc(-c2cc3nccc(-c4ccc(OCC5CC5)c(C#N)c4)c3o2)ccc1C(=O)N1CCNCC1. The molecule has 2 fully saturated rings. The summed E-state index contributed by atoms with van der Waals surface area (Å²) in [6, 6.07) is 17.1. The summed E-state index contributed by atoms with van der Waals surface area (Å²) in [7, 11) is 1.57. The molecule has 1 N–H and O–H groups in total. The van der Waals surface area contributed by atoms with Gasteiger partial charge in [0.15, 0.2) is 5.58 Å². The highest BCUT2D eigenvalue weighted by Gasteiger charge is 2.24. The van der Waals surface area contributed by atoms with Gasteiger partial charge >= 0.3 is 0 Å². The zero-order valence-corrected chi connectivity index (χ0v) is 21.2. The van der Waals surface area contributed by atoms with Gasteiger partial charge in [-0.05, 0) is 54.7 Å². The second-order valence-corrected chi connectivity index (χ2v) is 9.72. The van der Waals surface area contributed by atoms with Crippen LogP contribution in [0.15, 0.2) is 59.1 Å². The van der Waals surface area contributed by atoms with Gasteiger partial charge in [0.25, 0.3) is 5.91 Å². The van der Waals surface area contributed by atoms with Crippen LogP contribution in [0.1, 0.15) is 28.8 Å². The van der Waals surface area contributed by atoms with Gasteiger partial charge in [0.2, 0.25) is 0 Å². The standard InChI is InChI=1S/C30H28N4O4/c1-36-28-15-21(4-6-24(28)30(35)34-12-10-32-11-13-34)27-16-25-29(38-27)23(8-9-33-25)20-5-7-26(22(14-20)17-31)37-18-19-2-3-19/h4-9,14-16,19,32H,2-3,10-13,18H2,1H3. The van der Waals surface area contributed by atoms with Crippen molar-refractivity contribution in [2.45, 2.75) is 12.8 Å². The molecule has 1 saturated heterocycles. The molecule has 0 atom stereocenters. The molecule has 0 spiro atoms. The Labute approximate surface area is 220 Å². The normalized spacial score (nSPS) is 15.3. The number of benzene rings is 2. The first kappa shape index (κ1) is 24.0. The number of ether oxygens (including phenoxy) is 2. The molecule has 192 valence electrons. The maximum absolute atomic E-state index is 13.1. The van der Waals surface area contributed by atoms with Gasteiger partial charge in [-0.1, -0.05) is 12.1 Å². The maximum Gasteiger partial charge on any atom is 0.257 e. The van der Waals surface area contributed by atoms with Gasteiger partial charge in [0.05, 0.1) is 24.8 Å². The van der Waals surface area contributed by atoms with Crippen LogP contribution in [-0.4, -0.2) is 55.7 Å². The molecule has 8 nitrogen and oxygen atoms in total. The highest BCUT2D eigenvalue weighted by atomic mass is 16.5. The van der Waals surface area contributed by atoms with E-state index in [-0.39, 0.29) is 5.91 Å². The molecule has 8 heteroatoms. The number of carbonyl (C=O) groups is 1. The topological polar surface area (TPSA) is 101 Å². The Bertz CT molecular complexity index is 1540. The van der Waals surface area contributed by atoms with E-state index in [1.165, 1.54) is 12.8 Å². The molecule has 1 aliphatic heterocycles. The molecule has 0 bridgehead atoms. The van der Waals surface area contributed by atoms with Crippen LogP contribution in [0, 0.1) is 17.2 Å². The first-order valence-electron chi connectivity index (χ1n) is 12.9.